The van der Waals surface area contributed by atoms with Crippen LogP contribution in [0.5, 0.6) is 0 Å². The van der Waals surface area contributed by atoms with Crippen molar-refractivity contribution in [3.8, 4) is 0 Å². The third kappa shape index (κ3) is 5.48. The first-order chi connectivity index (χ1) is 16.6. The molecule has 0 spiro atoms. The van der Waals surface area contributed by atoms with E-state index in [-0.39, 0.29) is 5.91 Å². The molecule has 0 atom stereocenters. The number of amides is 1. The van der Waals surface area contributed by atoms with Crippen LogP contribution < -0.4 is 5.32 Å². The largest absolute Gasteiger partial charge is 0.351 e. The summed E-state index contributed by atoms with van der Waals surface area (Å²) in [7, 11) is 0. The molecule has 2 aromatic heterocycles. The predicted octanol–water partition coefficient (Wildman–Crippen LogP) is 4.51. The van der Waals surface area contributed by atoms with E-state index in [0.717, 1.165) is 90.8 Å². The molecule has 0 unspecified atom stereocenters. The second kappa shape index (κ2) is 10.5. The minimum atomic E-state index is 0.0300. The van der Waals surface area contributed by atoms with Crippen molar-refractivity contribution in [2.24, 2.45) is 0 Å². The minimum Gasteiger partial charge on any atom is -0.351 e. The fourth-order valence-electron chi connectivity index (χ4n) is 4.86. The molecule has 1 aliphatic carbocycles. The third-order valence-electron chi connectivity index (χ3n) is 7.04. The Bertz CT molecular complexity index is 1130. The van der Waals surface area contributed by atoms with Crippen LogP contribution >= 0.6 is 11.3 Å². The smallest absolute Gasteiger partial charge is 0.261 e. The lowest BCUT2D eigenvalue weighted by Gasteiger charge is -2.34. The van der Waals surface area contributed by atoms with Gasteiger partial charge in [-0.25, -0.2) is 9.97 Å². The van der Waals surface area contributed by atoms with Crippen LogP contribution in [0.2, 0.25) is 0 Å². The predicted molar refractivity (Wildman–Crippen MR) is 139 cm³/mol. The molecule has 2 fully saturated rings. The molecule has 1 amide bonds. The van der Waals surface area contributed by atoms with Crippen LogP contribution in [-0.4, -0.2) is 64.9 Å². The standard InChI is InChI=1S/C27H35N5OS/c1-19-23-20(2)29-25(22-10-11-22)30-27(23)34-24(19)26(33)28-12-6-7-13-31-14-16-32(17-15-31)18-21-8-4-3-5-9-21/h3-5,8-9,22H,6-7,10-18H2,1-2H3,(H,28,33). The summed E-state index contributed by atoms with van der Waals surface area (Å²) >= 11 is 1.52. The maximum absolute atomic E-state index is 12.9. The van der Waals surface area contributed by atoms with Gasteiger partial charge in [0.25, 0.3) is 5.91 Å². The van der Waals surface area contributed by atoms with Crippen LogP contribution in [0.4, 0.5) is 0 Å². The Morgan fingerprint density at radius 2 is 1.76 bits per heavy atom. The summed E-state index contributed by atoms with van der Waals surface area (Å²) in [5.74, 6) is 1.51. The van der Waals surface area contributed by atoms with E-state index in [1.807, 2.05) is 13.8 Å². The molecule has 34 heavy (non-hydrogen) atoms. The van der Waals surface area contributed by atoms with Crippen LogP contribution in [0.25, 0.3) is 10.2 Å². The molecule has 6 nitrogen and oxygen atoms in total. The topological polar surface area (TPSA) is 61.4 Å². The Morgan fingerprint density at radius 1 is 1.03 bits per heavy atom. The van der Waals surface area contributed by atoms with Crippen LogP contribution in [-0.2, 0) is 6.54 Å². The van der Waals surface area contributed by atoms with Gasteiger partial charge in [-0.1, -0.05) is 30.3 Å². The van der Waals surface area contributed by atoms with Crippen molar-refractivity contribution in [3.05, 3.63) is 57.9 Å². The lowest BCUT2D eigenvalue weighted by atomic mass is 10.1. The zero-order valence-electron chi connectivity index (χ0n) is 20.3. The molecule has 1 aromatic carbocycles. The Labute approximate surface area is 206 Å². The summed E-state index contributed by atoms with van der Waals surface area (Å²) in [5, 5.41) is 4.20. The number of hydrogen-bond acceptors (Lipinski definition) is 6. The van der Waals surface area contributed by atoms with E-state index >= 15 is 0 Å². The first-order valence-electron chi connectivity index (χ1n) is 12.6. The fraction of sp³-hybridized carbons (Fsp3) is 0.519. The van der Waals surface area contributed by atoms with Crippen molar-refractivity contribution in [1.82, 2.24) is 25.1 Å². The first-order valence-corrected chi connectivity index (χ1v) is 13.4. The number of rotatable bonds is 9. The van der Waals surface area contributed by atoms with Gasteiger partial charge < -0.3 is 10.2 Å². The van der Waals surface area contributed by atoms with Crippen LogP contribution in [0.15, 0.2) is 30.3 Å². The summed E-state index contributed by atoms with van der Waals surface area (Å²) in [6.45, 7) is 11.5. The normalized spacial score (nSPS) is 17.4. The Kier molecular flexibility index (Phi) is 7.23. The van der Waals surface area contributed by atoms with Crippen molar-refractivity contribution in [2.75, 3.05) is 39.3 Å². The van der Waals surface area contributed by atoms with Crippen LogP contribution in [0, 0.1) is 13.8 Å². The van der Waals surface area contributed by atoms with E-state index < -0.39 is 0 Å². The molecular formula is C27H35N5OS. The minimum absolute atomic E-state index is 0.0300. The van der Waals surface area contributed by atoms with Crippen molar-refractivity contribution in [2.45, 2.75) is 52.0 Å². The molecule has 2 aliphatic rings. The number of aryl methyl sites for hydroxylation is 2. The highest BCUT2D eigenvalue weighted by atomic mass is 32.1. The molecule has 3 aromatic rings. The van der Waals surface area contributed by atoms with Gasteiger partial charge in [0.2, 0.25) is 0 Å². The van der Waals surface area contributed by atoms with Gasteiger partial charge in [0.1, 0.15) is 10.7 Å². The van der Waals surface area contributed by atoms with Gasteiger partial charge in [0, 0.05) is 50.6 Å². The second-order valence-corrected chi connectivity index (χ2v) is 10.7. The summed E-state index contributed by atoms with van der Waals surface area (Å²) in [5.41, 5.74) is 3.42. The number of benzene rings is 1. The number of fused-ring (bicyclic) bond motifs is 1. The summed E-state index contributed by atoms with van der Waals surface area (Å²) < 4.78 is 0. The zero-order valence-corrected chi connectivity index (χ0v) is 21.2. The fourth-order valence-corrected chi connectivity index (χ4v) is 6.01. The Balaban J connectivity index is 1.04. The molecule has 1 N–H and O–H groups in total. The maximum Gasteiger partial charge on any atom is 0.261 e. The van der Waals surface area contributed by atoms with Gasteiger partial charge >= 0.3 is 0 Å². The number of nitrogens with one attached hydrogen (secondary N) is 1. The van der Waals surface area contributed by atoms with Gasteiger partial charge in [-0.3, -0.25) is 9.69 Å². The van der Waals surface area contributed by atoms with E-state index in [0.29, 0.717) is 5.92 Å². The molecule has 1 saturated heterocycles. The average Bonchev–Trinajstić information content (AvgIpc) is 3.64. The van der Waals surface area contributed by atoms with E-state index in [1.54, 1.807) is 0 Å². The van der Waals surface area contributed by atoms with E-state index in [4.69, 9.17) is 9.97 Å². The third-order valence-corrected chi connectivity index (χ3v) is 8.22. The molecule has 180 valence electrons. The SMILES string of the molecule is Cc1nc(C2CC2)nc2sc(C(=O)NCCCCN3CCN(Cc4ccccc4)CC3)c(C)c12. The summed E-state index contributed by atoms with van der Waals surface area (Å²) in [6.07, 6.45) is 4.49. The highest BCUT2D eigenvalue weighted by Crippen LogP contribution is 2.40. The molecular weight excluding hydrogens is 442 g/mol. The molecule has 5 rings (SSSR count). The van der Waals surface area contributed by atoms with Crippen molar-refractivity contribution in [1.29, 1.82) is 0 Å². The van der Waals surface area contributed by atoms with Crippen molar-refractivity contribution < 1.29 is 4.79 Å². The highest BCUT2D eigenvalue weighted by molar-refractivity contribution is 7.20. The number of aromatic nitrogens is 2. The van der Waals surface area contributed by atoms with Gasteiger partial charge in [-0.15, -0.1) is 11.3 Å². The number of nitrogens with zero attached hydrogens (tertiary/aromatic N) is 4. The van der Waals surface area contributed by atoms with Gasteiger partial charge in [-0.05, 0) is 57.2 Å². The van der Waals surface area contributed by atoms with Crippen molar-refractivity contribution in [3.63, 3.8) is 0 Å². The Morgan fingerprint density at radius 3 is 2.50 bits per heavy atom. The number of piperazine rings is 1. The molecule has 7 heteroatoms. The number of carbonyl (C=O) groups excluding carboxylic acids is 1. The zero-order chi connectivity index (χ0) is 23.5. The van der Waals surface area contributed by atoms with E-state index in [1.165, 1.54) is 29.7 Å². The lowest BCUT2D eigenvalue weighted by Crippen LogP contribution is -2.46. The number of carbonyl (C=O) groups is 1. The second-order valence-electron chi connectivity index (χ2n) is 9.74. The van der Waals surface area contributed by atoms with Crippen molar-refractivity contribution >= 4 is 27.5 Å². The maximum atomic E-state index is 12.9. The summed E-state index contributed by atoms with van der Waals surface area (Å²) in [6, 6.07) is 10.7. The molecule has 1 aliphatic heterocycles. The van der Waals surface area contributed by atoms with E-state index in [2.05, 4.69) is 45.4 Å². The van der Waals surface area contributed by atoms with Crippen LogP contribution in [0.1, 0.15) is 63.9 Å². The Hall–Kier alpha value is -2.35. The monoisotopic (exact) mass is 477 g/mol. The molecule has 0 radical (unpaired) electrons. The average molecular weight is 478 g/mol. The number of thiophene rings is 1. The van der Waals surface area contributed by atoms with Gasteiger partial charge in [-0.2, -0.15) is 0 Å². The molecule has 1 saturated carbocycles. The summed E-state index contributed by atoms with van der Waals surface area (Å²) in [4.78, 5) is 29.2. The number of unbranched alkanes of at least 4 members (excludes halogenated alkanes) is 1. The van der Waals surface area contributed by atoms with Crippen LogP contribution in [0.3, 0.4) is 0 Å². The van der Waals surface area contributed by atoms with E-state index in [9.17, 15) is 4.79 Å². The van der Waals surface area contributed by atoms with Gasteiger partial charge in [0.15, 0.2) is 0 Å². The first kappa shape index (κ1) is 23.4. The van der Waals surface area contributed by atoms with Gasteiger partial charge in [0.05, 0.1) is 10.6 Å². The quantitative estimate of drug-likeness (QED) is 0.460. The lowest BCUT2D eigenvalue weighted by molar-refractivity contribution is 0.0954. The number of hydrogen-bond donors (Lipinski definition) is 1. The highest BCUT2D eigenvalue weighted by Gasteiger charge is 2.28. The molecule has 0 bridgehead atoms. The molecule has 3 heterocycles.